The number of rotatable bonds is 3. The van der Waals surface area contributed by atoms with Gasteiger partial charge in [-0.2, -0.15) is 0 Å². The highest BCUT2D eigenvalue weighted by atomic mass is 32.1. The highest BCUT2D eigenvalue weighted by Gasteiger charge is 2.47. The molecule has 140 valence electrons. The van der Waals surface area contributed by atoms with Crippen LogP contribution in [0.3, 0.4) is 0 Å². The Kier molecular flexibility index (Phi) is 4.90. The number of likely N-dealkylation sites (tertiary alicyclic amines) is 1. The first kappa shape index (κ1) is 17.8. The number of thiophene rings is 1. The van der Waals surface area contributed by atoms with E-state index < -0.39 is 6.43 Å². The number of fused-ring (bicyclic) bond motifs is 2. The van der Waals surface area contributed by atoms with Gasteiger partial charge in [-0.05, 0) is 57.1 Å². The van der Waals surface area contributed by atoms with Gasteiger partial charge in [0.05, 0.1) is 12.7 Å². The van der Waals surface area contributed by atoms with Crippen LogP contribution in [0.5, 0.6) is 0 Å². The van der Waals surface area contributed by atoms with Crippen LogP contribution in [0.4, 0.5) is 8.78 Å². The molecule has 1 spiro atoms. The second-order valence-corrected chi connectivity index (χ2v) is 9.00. The van der Waals surface area contributed by atoms with Gasteiger partial charge in [-0.3, -0.25) is 4.90 Å². The lowest BCUT2D eigenvalue weighted by Gasteiger charge is -2.49. The first-order valence-electron chi connectivity index (χ1n) is 9.46. The highest BCUT2D eigenvalue weighted by molar-refractivity contribution is 7.12. The molecule has 1 saturated carbocycles. The standard InChI is InChI=1S/C19H27F2NO2S/c1-12-11-19(6-7-22(12)15-3-2-4-16(15)23)18-13(5-8-24-19)9-14(25-18)10-17(20)21/h9,12,15-17,23H,2-8,10-11H2,1H3/t12-,15?,16?,19+/m0/s1. The molecule has 1 aliphatic carbocycles. The Morgan fingerprint density at radius 3 is 2.96 bits per heavy atom. The maximum atomic E-state index is 12.8. The Bertz CT molecular complexity index is 623. The topological polar surface area (TPSA) is 32.7 Å². The molecule has 1 aromatic rings. The molecule has 25 heavy (non-hydrogen) atoms. The average molecular weight is 371 g/mol. The molecular formula is C19H27F2NO2S. The Balaban J connectivity index is 1.55. The van der Waals surface area contributed by atoms with Gasteiger partial charge in [0.15, 0.2) is 0 Å². The van der Waals surface area contributed by atoms with Crippen molar-refractivity contribution < 1.29 is 18.6 Å². The predicted octanol–water partition coefficient (Wildman–Crippen LogP) is 3.72. The summed E-state index contributed by atoms with van der Waals surface area (Å²) in [5, 5.41) is 10.3. The molecule has 0 amide bonds. The van der Waals surface area contributed by atoms with Crippen molar-refractivity contribution in [2.45, 2.75) is 82.1 Å². The van der Waals surface area contributed by atoms with E-state index in [2.05, 4.69) is 11.8 Å². The van der Waals surface area contributed by atoms with Gasteiger partial charge in [-0.15, -0.1) is 11.3 Å². The van der Waals surface area contributed by atoms with Crippen LogP contribution in [0.15, 0.2) is 6.07 Å². The maximum absolute atomic E-state index is 12.8. The third-order valence-electron chi connectivity index (χ3n) is 6.21. The van der Waals surface area contributed by atoms with Gasteiger partial charge in [-0.25, -0.2) is 8.78 Å². The number of hydrogen-bond donors (Lipinski definition) is 1. The first-order valence-corrected chi connectivity index (χ1v) is 10.3. The van der Waals surface area contributed by atoms with Crippen LogP contribution in [0.2, 0.25) is 0 Å². The summed E-state index contributed by atoms with van der Waals surface area (Å²) in [4.78, 5) is 4.42. The van der Waals surface area contributed by atoms with E-state index in [1.165, 1.54) is 21.8 Å². The third-order valence-corrected chi connectivity index (χ3v) is 7.60. The van der Waals surface area contributed by atoms with Crippen LogP contribution in [-0.4, -0.2) is 47.8 Å². The van der Waals surface area contributed by atoms with Crippen molar-refractivity contribution in [1.82, 2.24) is 4.90 Å². The number of hydrogen-bond acceptors (Lipinski definition) is 4. The first-order chi connectivity index (χ1) is 12.0. The minimum atomic E-state index is -2.29. The number of aliphatic hydroxyl groups is 1. The minimum Gasteiger partial charge on any atom is -0.391 e. The second-order valence-electron chi connectivity index (χ2n) is 7.86. The average Bonchev–Trinajstić information content (AvgIpc) is 3.14. The van der Waals surface area contributed by atoms with Crippen molar-refractivity contribution in [2.24, 2.45) is 0 Å². The van der Waals surface area contributed by atoms with Gasteiger partial charge in [0, 0.05) is 34.8 Å². The van der Waals surface area contributed by atoms with Gasteiger partial charge in [0.2, 0.25) is 6.43 Å². The molecule has 3 aliphatic rings. The summed E-state index contributed by atoms with van der Waals surface area (Å²) in [5.74, 6) is 0. The van der Waals surface area contributed by atoms with Crippen molar-refractivity contribution in [3.8, 4) is 0 Å². The Hall–Kier alpha value is -0.560. The van der Waals surface area contributed by atoms with Gasteiger partial charge in [0.1, 0.15) is 5.60 Å². The zero-order valence-corrected chi connectivity index (χ0v) is 15.5. The molecule has 2 fully saturated rings. The number of halogens is 2. The fourth-order valence-electron chi connectivity index (χ4n) is 5.10. The van der Waals surface area contributed by atoms with E-state index in [1.54, 1.807) is 0 Å². The Labute approximate surface area is 152 Å². The molecule has 1 saturated heterocycles. The summed E-state index contributed by atoms with van der Waals surface area (Å²) in [6.07, 6.45) is 3.03. The van der Waals surface area contributed by atoms with E-state index in [-0.39, 0.29) is 24.2 Å². The van der Waals surface area contributed by atoms with E-state index in [0.717, 1.165) is 49.9 Å². The lowest BCUT2D eigenvalue weighted by Crippen LogP contribution is -2.55. The fraction of sp³-hybridized carbons (Fsp3) is 0.789. The van der Waals surface area contributed by atoms with Gasteiger partial charge in [-0.1, -0.05) is 0 Å². The molecule has 0 aromatic carbocycles. The summed E-state index contributed by atoms with van der Waals surface area (Å²) < 4.78 is 31.9. The SMILES string of the molecule is C[C@H]1C[C@@]2(CCN1C1CCCC1O)OCCc1cc(CC(F)F)sc12. The molecule has 2 unspecified atom stereocenters. The lowest BCUT2D eigenvalue weighted by molar-refractivity contribution is -0.120. The van der Waals surface area contributed by atoms with Crippen LogP contribution in [0.1, 0.15) is 54.3 Å². The van der Waals surface area contributed by atoms with Crippen molar-refractivity contribution in [3.05, 3.63) is 21.4 Å². The lowest BCUT2D eigenvalue weighted by atomic mass is 9.81. The smallest absolute Gasteiger partial charge is 0.243 e. The zero-order chi connectivity index (χ0) is 17.6. The number of piperidine rings is 1. The van der Waals surface area contributed by atoms with E-state index in [0.29, 0.717) is 12.6 Å². The van der Waals surface area contributed by atoms with Crippen molar-refractivity contribution in [2.75, 3.05) is 13.2 Å². The normalized spacial score (nSPS) is 36.3. The predicted molar refractivity (Wildman–Crippen MR) is 94.4 cm³/mol. The van der Waals surface area contributed by atoms with Crippen LogP contribution in [0, 0.1) is 0 Å². The fourth-order valence-corrected chi connectivity index (χ4v) is 6.49. The number of aliphatic hydroxyl groups excluding tert-OH is 1. The van der Waals surface area contributed by atoms with E-state index in [9.17, 15) is 13.9 Å². The third kappa shape index (κ3) is 3.27. The molecule has 1 N–H and O–H groups in total. The quantitative estimate of drug-likeness (QED) is 0.879. The van der Waals surface area contributed by atoms with Crippen LogP contribution < -0.4 is 0 Å². The van der Waals surface area contributed by atoms with Gasteiger partial charge < -0.3 is 9.84 Å². The summed E-state index contributed by atoms with van der Waals surface area (Å²) in [6, 6.07) is 2.58. The van der Waals surface area contributed by atoms with Crippen LogP contribution >= 0.6 is 11.3 Å². The number of nitrogens with zero attached hydrogens (tertiary/aromatic N) is 1. The molecule has 2 aliphatic heterocycles. The van der Waals surface area contributed by atoms with E-state index >= 15 is 0 Å². The van der Waals surface area contributed by atoms with E-state index in [1.807, 2.05) is 6.07 Å². The number of ether oxygens (including phenoxy) is 1. The molecule has 6 heteroatoms. The molecule has 1 aromatic heterocycles. The summed E-state index contributed by atoms with van der Waals surface area (Å²) in [7, 11) is 0. The molecule has 3 nitrogen and oxygen atoms in total. The monoisotopic (exact) mass is 371 g/mol. The second kappa shape index (κ2) is 6.87. The highest BCUT2D eigenvalue weighted by Crippen LogP contribution is 2.48. The Morgan fingerprint density at radius 2 is 2.28 bits per heavy atom. The molecular weight excluding hydrogens is 344 g/mol. The minimum absolute atomic E-state index is 0.149. The maximum Gasteiger partial charge on any atom is 0.243 e. The zero-order valence-electron chi connectivity index (χ0n) is 14.7. The molecule has 0 radical (unpaired) electrons. The van der Waals surface area contributed by atoms with Crippen molar-refractivity contribution in [1.29, 1.82) is 0 Å². The van der Waals surface area contributed by atoms with Crippen LogP contribution in [0.25, 0.3) is 0 Å². The summed E-state index contributed by atoms with van der Waals surface area (Å²) in [5.41, 5.74) is 0.909. The molecule has 4 rings (SSSR count). The van der Waals surface area contributed by atoms with Crippen LogP contribution in [-0.2, 0) is 23.2 Å². The van der Waals surface area contributed by atoms with Crippen molar-refractivity contribution in [3.63, 3.8) is 0 Å². The molecule has 3 heterocycles. The summed E-state index contributed by atoms with van der Waals surface area (Å²) >= 11 is 1.53. The van der Waals surface area contributed by atoms with Crippen molar-refractivity contribution >= 4 is 11.3 Å². The number of alkyl halides is 2. The molecule has 0 bridgehead atoms. The summed E-state index contributed by atoms with van der Waals surface area (Å²) in [6.45, 7) is 3.80. The van der Waals surface area contributed by atoms with Gasteiger partial charge >= 0.3 is 0 Å². The largest absolute Gasteiger partial charge is 0.391 e. The van der Waals surface area contributed by atoms with E-state index in [4.69, 9.17) is 4.74 Å². The Morgan fingerprint density at radius 1 is 1.44 bits per heavy atom. The van der Waals surface area contributed by atoms with Gasteiger partial charge in [0.25, 0.3) is 0 Å². The molecule has 4 atom stereocenters.